The Balaban J connectivity index is 2.21. The van der Waals surface area contributed by atoms with Crippen molar-refractivity contribution in [3.05, 3.63) is 75.9 Å². The minimum Gasteiger partial charge on any atom is -0.288 e. The monoisotopic (exact) mass is 325 g/mol. The van der Waals surface area contributed by atoms with Crippen molar-refractivity contribution >= 4 is 32.6 Å². The Hall–Kier alpha value is -2.00. The van der Waals surface area contributed by atoms with Crippen LogP contribution in [0.3, 0.4) is 0 Å². The molecule has 0 bridgehead atoms. The van der Waals surface area contributed by atoms with Crippen LogP contribution in [0.25, 0.3) is 10.9 Å². The maximum Gasteiger partial charge on any atom is 0.196 e. The first-order valence-electron chi connectivity index (χ1n) is 6.32. The molecule has 98 valence electrons. The molecule has 0 N–H and O–H groups in total. The number of para-hydroxylation sites is 1. The Labute approximate surface area is 125 Å². The first kappa shape index (κ1) is 13.0. The van der Waals surface area contributed by atoms with Gasteiger partial charge >= 0.3 is 0 Å². The summed E-state index contributed by atoms with van der Waals surface area (Å²) >= 11 is 3.50. The summed E-state index contributed by atoms with van der Waals surface area (Å²) in [6, 6.07) is 15.2. The van der Waals surface area contributed by atoms with Gasteiger partial charge in [0.05, 0.1) is 5.52 Å². The third-order valence-corrected chi connectivity index (χ3v) is 4.37. The van der Waals surface area contributed by atoms with Crippen molar-refractivity contribution in [1.82, 2.24) is 4.98 Å². The lowest BCUT2D eigenvalue weighted by molar-refractivity contribution is 0.103. The van der Waals surface area contributed by atoms with Gasteiger partial charge in [0.15, 0.2) is 5.78 Å². The molecule has 0 aliphatic carbocycles. The number of hydrogen-bond donors (Lipinski definition) is 0. The van der Waals surface area contributed by atoms with E-state index in [0.717, 1.165) is 20.9 Å². The van der Waals surface area contributed by atoms with E-state index in [1.165, 1.54) is 0 Å². The normalized spacial score (nSPS) is 10.7. The third-order valence-electron chi connectivity index (χ3n) is 3.31. The Kier molecular flexibility index (Phi) is 3.36. The molecule has 0 radical (unpaired) electrons. The molecule has 2 aromatic carbocycles. The quantitative estimate of drug-likeness (QED) is 0.647. The van der Waals surface area contributed by atoms with Crippen LogP contribution in [0.5, 0.6) is 0 Å². The number of ketones is 1. The third kappa shape index (κ3) is 2.14. The summed E-state index contributed by atoms with van der Waals surface area (Å²) in [7, 11) is 0. The van der Waals surface area contributed by atoms with Gasteiger partial charge in [-0.15, -0.1) is 0 Å². The summed E-state index contributed by atoms with van der Waals surface area (Å²) in [4.78, 5) is 17.1. The number of fused-ring (bicyclic) bond motifs is 1. The highest BCUT2D eigenvalue weighted by molar-refractivity contribution is 9.10. The molecule has 2 nitrogen and oxygen atoms in total. The van der Waals surface area contributed by atoms with E-state index in [2.05, 4.69) is 20.9 Å². The van der Waals surface area contributed by atoms with E-state index in [-0.39, 0.29) is 5.78 Å². The summed E-state index contributed by atoms with van der Waals surface area (Å²) < 4.78 is 0.845. The zero-order valence-corrected chi connectivity index (χ0v) is 12.5. The van der Waals surface area contributed by atoms with E-state index < -0.39 is 0 Å². The lowest BCUT2D eigenvalue weighted by Gasteiger charge is -2.08. The fourth-order valence-corrected chi connectivity index (χ4v) is 2.70. The summed E-state index contributed by atoms with van der Waals surface area (Å²) in [6.45, 7) is 1.97. The summed E-state index contributed by atoms with van der Waals surface area (Å²) in [5.41, 5.74) is 3.09. The van der Waals surface area contributed by atoms with Crippen molar-refractivity contribution in [3.8, 4) is 0 Å². The first-order valence-corrected chi connectivity index (χ1v) is 7.11. The van der Waals surface area contributed by atoms with Gasteiger partial charge in [0, 0.05) is 27.2 Å². The molecular formula is C17H12BrNO. The maximum absolute atomic E-state index is 12.8. The predicted molar refractivity (Wildman–Crippen MR) is 84.1 cm³/mol. The van der Waals surface area contributed by atoms with E-state index in [9.17, 15) is 4.79 Å². The summed E-state index contributed by atoms with van der Waals surface area (Å²) in [6.07, 6.45) is 1.71. The molecule has 0 amide bonds. The second-order valence-corrected chi connectivity index (χ2v) is 5.44. The fourth-order valence-electron chi connectivity index (χ4n) is 2.26. The zero-order chi connectivity index (χ0) is 14.1. The average molecular weight is 326 g/mol. The number of aryl methyl sites for hydroxylation is 1. The molecule has 0 saturated carbocycles. The molecule has 0 aliphatic heterocycles. The second kappa shape index (κ2) is 5.17. The molecule has 0 spiro atoms. The largest absolute Gasteiger partial charge is 0.288 e. The van der Waals surface area contributed by atoms with E-state index in [4.69, 9.17) is 0 Å². The van der Waals surface area contributed by atoms with Crippen molar-refractivity contribution in [2.24, 2.45) is 0 Å². The van der Waals surface area contributed by atoms with Crippen LogP contribution in [-0.4, -0.2) is 10.8 Å². The van der Waals surface area contributed by atoms with Gasteiger partial charge in [-0.05, 0) is 46.6 Å². The summed E-state index contributed by atoms with van der Waals surface area (Å²) in [5.74, 6) is -0.00937. The number of carbonyl (C=O) groups excluding carboxylic acids is 1. The van der Waals surface area contributed by atoms with Crippen molar-refractivity contribution in [2.45, 2.75) is 6.92 Å². The smallest absolute Gasteiger partial charge is 0.196 e. The van der Waals surface area contributed by atoms with Crippen LogP contribution in [0.1, 0.15) is 21.5 Å². The lowest BCUT2D eigenvalue weighted by Crippen LogP contribution is -2.04. The molecule has 3 aromatic rings. The van der Waals surface area contributed by atoms with Crippen LogP contribution < -0.4 is 0 Å². The topological polar surface area (TPSA) is 30.0 Å². The maximum atomic E-state index is 12.8. The van der Waals surface area contributed by atoms with Crippen LogP contribution in [-0.2, 0) is 0 Å². The predicted octanol–water partition coefficient (Wildman–Crippen LogP) is 4.54. The fraction of sp³-hybridized carbons (Fsp3) is 0.0588. The van der Waals surface area contributed by atoms with Crippen molar-refractivity contribution in [1.29, 1.82) is 0 Å². The highest BCUT2D eigenvalue weighted by Gasteiger charge is 2.16. The molecular weight excluding hydrogens is 314 g/mol. The molecule has 1 heterocycles. The van der Waals surface area contributed by atoms with Gasteiger partial charge in [-0.25, -0.2) is 0 Å². The second-order valence-electron chi connectivity index (χ2n) is 4.65. The van der Waals surface area contributed by atoms with E-state index in [1.807, 2.05) is 55.5 Å². The number of aromatic nitrogens is 1. The van der Waals surface area contributed by atoms with Gasteiger partial charge in [-0.2, -0.15) is 0 Å². The van der Waals surface area contributed by atoms with Crippen molar-refractivity contribution in [2.75, 3.05) is 0 Å². The minimum atomic E-state index is -0.00937. The van der Waals surface area contributed by atoms with E-state index in [0.29, 0.717) is 11.1 Å². The number of pyridine rings is 1. The molecule has 1 aromatic heterocycles. The number of carbonyl (C=O) groups is 1. The van der Waals surface area contributed by atoms with Crippen LogP contribution in [0.2, 0.25) is 0 Å². The number of nitrogens with zero attached hydrogens (tertiary/aromatic N) is 1. The molecule has 3 heteroatoms. The van der Waals surface area contributed by atoms with Crippen LogP contribution in [0.15, 0.2) is 59.2 Å². The highest BCUT2D eigenvalue weighted by Crippen LogP contribution is 2.26. The molecule has 0 fully saturated rings. The number of benzene rings is 2. The minimum absolute atomic E-state index is 0.00937. The van der Waals surface area contributed by atoms with Crippen molar-refractivity contribution < 1.29 is 4.79 Å². The van der Waals surface area contributed by atoms with Crippen LogP contribution in [0, 0.1) is 6.92 Å². The Bertz CT molecular complexity index is 806. The van der Waals surface area contributed by atoms with Crippen LogP contribution in [0.4, 0.5) is 0 Å². The molecule has 3 rings (SSSR count). The average Bonchev–Trinajstić information content (AvgIpc) is 2.49. The number of rotatable bonds is 2. The van der Waals surface area contributed by atoms with Gasteiger partial charge in [-0.3, -0.25) is 9.78 Å². The zero-order valence-electron chi connectivity index (χ0n) is 10.9. The SMILES string of the molecule is Cc1cccc(C(=O)c2cccc3cccnc23)c1Br. The molecule has 0 atom stereocenters. The van der Waals surface area contributed by atoms with Crippen LogP contribution >= 0.6 is 15.9 Å². The highest BCUT2D eigenvalue weighted by atomic mass is 79.9. The van der Waals surface area contributed by atoms with E-state index >= 15 is 0 Å². The lowest BCUT2D eigenvalue weighted by atomic mass is 9.99. The van der Waals surface area contributed by atoms with Gasteiger partial charge < -0.3 is 0 Å². The molecule has 0 unspecified atom stereocenters. The first-order chi connectivity index (χ1) is 9.68. The number of hydrogen-bond acceptors (Lipinski definition) is 2. The Morgan fingerprint density at radius 2 is 1.70 bits per heavy atom. The van der Waals surface area contributed by atoms with Gasteiger partial charge in [-0.1, -0.05) is 30.3 Å². The van der Waals surface area contributed by atoms with Gasteiger partial charge in [0.1, 0.15) is 0 Å². The Morgan fingerprint density at radius 3 is 2.55 bits per heavy atom. The molecule has 20 heavy (non-hydrogen) atoms. The Morgan fingerprint density at radius 1 is 1.00 bits per heavy atom. The van der Waals surface area contributed by atoms with Gasteiger partial charge in [0.25, 0.3) is 0 Å². The van der Waals surface area contributed by atoms with E-state index in [1.54, 1.807) is 6.20 Å². The summed E-state index contributed by atoms with van der Waals surface area (Å²) in [5, 5.41) is 0.974. The molecule has 0 saturated heterocycles. The standard InChI is InChI=1S/C17H12BrNO/c1-11-5-2-8-13(15(11)18)17(20)14-9-3-6-12-7-4-10-19-16(12)14/h2-10H,1H3. The number of halogens is 1. The van der Waals surface area contributed by atoms with Crippen molar-refractivity contribution in [3.63, 3.8) is 0 Å². The van der Waals surface area contributed by atoms with Gasteiger partial charge in [0.2, 0.25) is 0 Å². The molecule has 0 aliphatic rings.